The molecular weight excluding hydrogens is 272 g/mol. The number of benzene rings is 1. The van der Waals surface area contributed by atoms with E-state index < -0.39 is 11.6 Å². The standard InChI is InChI=1S/C16H10O5/c1-8(17)6-12(18)13-7-11-14(19)9-4-2-3-5-10(9)15(20)16(11)21-13/h2-5,7H,6H2,1H3. The number of hydrogen-bond donors (Lipinski definition) is 0. The molecule has 1 aromatic heterocycles. The Morgan fingerprint density at radius 1 is 1.00 bits per heavy atom. The van der Waals surface area contributed by atoms with Gasteiger partial charge in [-0.1, -0.05) is 24.3 Å². The number of fused-ring (bicyclic) bond motifs is 2. The number of ketones is 4. The van der Waals surface area contributed by atoms with Crippen LogP contribution in [-0.4, -0.2) is 23.1 Å². The predicted molar refractivity (Wildman–Crippen MR) is 71.6 cm³/mol. The lowest BCUT2D eigenvalue weighted by Crippen LogP contribution is -2.18. The molecule has 0 bridgehead atoms. The van der Waals surface area contributed by atoms with E-state index in [-0.39, 0.29) is 40.6 Å². The Bertz CT molecular complexity index is 757. The molecule has 0 radical (unpaired) electrons. The normalized spacial score (nSPS) is 12.8. The Labute approximate surface area is 119 Å². The van der Waals surface area contributed by atoms with Crippen LogP contribution in [-0.2, 0) is 4.79 Å². The molecule has 0 saturated heterocycles. The Balaban J connectivity index is 2.09. The molecule has 1 aliphatic carbocycles. The molecule has 2 aromatic rings. The first kappa shape index (κ1) is 13.2. The van der Waals surface area contributed by atoms with Crippen molar-refractivity contribution in [3.63, 3.8) is 0 Å². The molecule has 0 spiro atoms. The summed E-state index contributed by atoms with van der Waals surface area (Å²) in [7, 11) is 0. The van der Waals surface area contributed by atoms with Crippen LogP contribution in [0, 0.1) is 0 Å². The van der Waals surface area contributed by atoms with Gasteiger partial charge in [0.15, 0.2) is 17.3 Å². The summed E-state index contributed by atoms with van der Waals surface area (Å²) in [6.45, 7) is 1.28. The van der Waals surface area contributed by atoms with Gasteiger partial charge in [0, 0.05) is 11.1 Å². The van der Waals surface area contributed by atoms with Crippen molar-refractivity contribution in [1.82, 2.24) is 0 Å². The first-order valence-corrected chi connectivity index (χ1v) is 6.34. The van der Waals surface area contributed by atoms with Crippen molar-refractivity contribution in [2.75, 3.05) is 0 Å². The lowest BCUT2D eigenvalue weighted by atomic mass is 9.88. The van der Waals surface area contributed by atoms with Crippen LogP contribution < -0.4 is 0 Å². The van der Waals surface area contributed by atoms with Gasteiger partial charge in [-0.2, -0.15) is 0 Å². The van der Waals surface area contributed by atoms with Crippen molar-refractivity contribution in [3.05, 3.63) is 58.5 Å². The highest BCUT2D eigenvalue weighted by Crippen LogP contribution is 2.29. The second kappa shape index (κ2) is 4.63. The molecule has 3 rings (SSSR count). The fraction of sp³-hybridized carbons (Fsp3) is 0.125. The minimum absolute atomic E-state index is 0.0746. The summed E-state index contributed by atoms with van der Waals surface area (Å²) >= 11 is 0. The van der Waals surface area contributed by atoms with Crippen molar-refractivity contribution in [2.45, 2.75) is 13.3 Å². The maximum absolute atomic E-state index is 12.3. The van der Waals surface area contributed by atoms with E-state index in [1.165, 1.54) is 19.1 Å². The van der Waals surface area contributed by atoms with E-state index in [0.717, 1.165) is 0 Å². The van der Waals surface area contributed by atoms with Gasteiger partial charge in [0.1, 0.15) is 5.78 Å². The number of rotatable bonds is 3. The summed E-state index contributed by atoms with van der Waals surface area (Å²) in [4.78, 5) is 47.4. The second-order valence-corrected chi connectivity index (χ2v) is 4.86. The fourth-order valence-electron chi connectivity index (χ4n) is 2.33. The van der Waals surface area contributed by atoms with Gasteiger partial charge in [0.2, 0.25) is 11.6 Å². The molecule has 5 heteroatoms. The smallest absolute Gasteiger partial charge is 0.229 e. The number of carbonyl (C=O) groups is 4. The van der Waals surface area contributed by atoms with E-state index in [2.05, 4.69) is 0 Å². The summed E-state index contributed by atoms with van der Waals surface area (Å²) in [6.07, 6.45) is -0.318. The molecule has 0 amide bonds. The zero-order valence-electron chi connectivity index (χ0n) is 11.1. The summed E-state index contributed by atoms with van der Waals surface area (Å²) in [6, 6.07) is 7.66. The number of Topliss-reactive ketones (excluding diaryl/α,β-unsaturated/α-hetero) is 2. The molecule has 1 heterocycles. The summed E-state index contributed by atoms with van der Waals surface area (Å²) in [5.74, 6) is -1.90. The molecule has 0 aliphatic heterocycles. The molecule has 0 unspecified atom stereocenters. The maximum Gasteiger partial charge on any atom is 0.229 e. The van der Waals surface area contributed by atoms with Crippen LogP contribution in [0.2, 0.25) is 0 Å². The summed E-state index contributed by atoms with van der Waals surface area (Å²) < 4.78 is 5.24. The zero-order chi connectivity index (χ0) is 15.1. The van der Waals surface area contributed by atoms with Crippen molar-refractivity contribution in [2.24, 2.45) is 0 Å². The van der Waals surface area contributed by atoms with E-state index in [0.29, 0.717) is 5.56 Å². The van der Waals surface area contributed by atoms with Gasteiger partial charge < -0.3 is 4.42 Å². The Morgan fingerprint density at radius 2 is 1.62 bits per heavy atom. The third kappa shape index (κ3) is 2.03. The fourth-order valence-corrected chi connectivity index (χ4v) is 2.33. The molecule has 0 atom stereocenters. The van der Waals surface area contributed by atoms with Crippen LogP contribution in [0.15, 0.2) is 34.7 Å². The zero-order valence-corrected chi connectivity index (χ0v) is 11.1. The van der Waals surface area contributed by atoms with Gasteiger partial charge in [-0.15, -0.1) is 0 Å². The molecule has 5 nitrogen and oxygen atoms in total. The monoisotopic (exact) mass is 282 g/mol. The molecule has 0 fully saturated rings. The highest BCUT2D eigenvalue weighted by atomic mass is 16.4. The minimum atomic E-state index is -0.540. The summed E-state index contributed by atoms with van der Waals surface area (Å²) in [5.41, 5.74) is 0.627. The van der Waals surface area contributed by atoms with Crippen LogP contribution in [0.5, 0.6) is 0 Å². The number of hydrogen-bond acceptors (Lipinski definition) is 5. The molecule has 104 valence electrons. The molecule has 1 aliphatic rings. The molecule has 1 aromatic carbocycles. The number of carbonyl (C=O) groups excluding carboxylic acids is 4. The summed E-state index contributed by atoms with van der Waals surface area (Å²) in [5, 5.41) is 0. The SMILES string of the molecule is CC(=O)CC(=O)c1cc2c(o1)C(=O)c1ccccc1C2=O. The van der Waals surface area contributed by atoms with Crippen molar-refractivity contribution in [3.8, 4) is 0 Å². The van der Waals surface area contributed by atoms with Gasteiger partial charge in [-0.3, -0.25) is 19.2 Å². The lowest BCUT2D eigenvalue weighted by molar-refractivity contribution is -0.116. The van der Waals surface area contributed by atoms with Crippen LogP contribution >= 0.6 is 0 Å². The highest BCUT2D eigenvalue weighted by Gasteiger charge is 2.34. The van der Waals surface area contributed by atoms with E-state index in [4.69, 9.17) is 4.42 Å². The van der Waals surface area contributed by atoms with Crippen LogP contribution in [0.25, 0.3) is 0 Å². The average molecular weight is 282 g/mol. The number of furan rings is 1. The Morgan fingerprint density at radius 3 is 2.24 bits per heavy atom. The maximum atomic E-state index is 12.3. The van der Waals surface area contributed by atoms with Crippen molar-refractivity contribution < 1.29 is 23.6 Å². The van der Waals surface area contributed by atoms with E-state index in [1.54, 1.807) is 18.2 Å². The highest BCUT2D eigenvalue weighted by molar-refractivity contribution is 6.28. The van der Waals surface area contributed by atoms with Crippen LogP contribution in [0.3, 0.4) is 0 Å². The van der Waals surface area contributed by atoms with Gasteiger partial charge in [-0.25, -0.2) is 0 Å². The van der Waals surface area contributed by atoms with Crippen molar-refractivity contribution in [1.29, 1.82) is 0 Å². The second-order valence-electron chi connectivity index (χ2n) is 4.86. The predicted octanol–water partition coefficient (Wildman–Crippen LogP) is 2.22. The Kier molecular flexibility index (Phi) is 2.90. The molecule has 0 N–H and O–H groups in total. The van der Waals surface area contributed by atoms with Gasteiger partial charge >= 0.3 is 0 Å². The van der Waals surface area contributed by atoms with Gasteiger partial charge in [0.05, 0.1) is 12.0 Å². The van der Waals surface area contributed by atoms with Crippen LogP contribution in [0.1, 0.15) is 55.9 Å². The van der Waals surface area contributed by atoms with E-state index in [1.807, 2.05) is 0 Å². The van der Waals surface area contributed by atoms with Gasteiger partial charge in [-0.05, 0) is 13.0 Å². The van der Waals surface area contributed by atoms with E-state index in [9.17, 15) is 19.2 Å². The minimum Gasteiger partial charge on any atom is -0.449 e. The molecule has 0 saturated carbocycles. The molecule has 21 heavy (non-hydrogen) atoms. The first-order chi connectivity index (χ1) is 9.99. The quantitative estimate of drug-likeness (QED) is 0.543. The third-order valence-corrected chi connectivity index (χ3v) is 3.28. The first-order valence-electron chi connectivity index (χ1n) is 6.34. The van der Waals surface area contributed by atoms with Gasteiger partial charge in [0.25, 0.3) is 0 Å². The topological polar surface area (TPSA) is 81.4 Å². The van der Waals surface area contributed by atoms with Crippen molar-refractivity contribution >= 4 is 23.1 Å². The Hall–Kier alpha value is -2.82. The molecular formula is C16H10O5. The van der Waals surface area contributed by atoms with E-state index >= 15 is 0 Å². The van der Waals surface area contributed by atoms with Crippen LogP contribution in [0.4, 0.5) is 0 Å². The average Bonchev–Trinajstić information content (AvgIpc) is 2.90. The lowest BCUT2D eigenvalue weighted by Gasteiger charge is -2.11. The largest absolute Gasteiger partial charge is 0.449 e. The third-order valence-electron chi connectivity index (χ3n) is 3.28.